The number of nitrogens with one attached hydrogen (secondary N) is 1. The first-order chi connectivity index (χ1) is 10.9. The van der Waals surface area contributed by atoms with Crippen molar-refractivity contribution in [3.63, 3.8) is 0 Å². The minimum Gasteiger partial charge on any atom is -0.462 e. The molecule has 23 heavy (non-hydrogen) atoms. The van der Waals surface area contributed by atoms with Crippen molar-refractivity contribution < 1.29 is 19.1 Å². The number of anilines is 1. The second kappa shape index (κ2) is 9.42. The molecule has 1 rings (SSSR count). The maximum Gasteiger partial charge on any atom is 0.350 e. The number of nitrogens with zero attached hydrogens (tertiary/aromatic N) is 1. The van der Waals surface area contributed by atoms with Crippen molar-refractivity contribution in [2.75, 3.05) is 18.5 Å². The summed E-state index contributed by atoms with van der Waals surface area (Å²) < 4.78 is 10.4. The van der Waals surface area contributed by atoms with Crippen LogP contribution in [-0.4, -0.2) is 36.2 Å². The maximum absolute atomic E-state index is 12.1. The molecule has 6 nitrogen and oxygen atoms in total. The molecule has 1 N–H and O–H groups in total. The average Bonchev–Trinajstić information content (AvgIpc) is 2.91. The fraction of sp³-hybridized carbons (Fsp3) is 0.562. The molecule has 1 aromatic heterocycles. The highest BCUT2D eigenvalue weighted by Gasteiger charge is 2.23. The first kappa shape index (κ1) is 19.3. The second-order valence-corrected chi connectivity index (χ2v) is 6.19. The summed E-state index contributed by atoms with van der Waals surface area (Å²) in [7, 11) is 0. The third-order valence-electron chi connectivity index (χ3n) is 2.95. The Morgan fingerprint density at radius 3 is 2.65 bits per heavy atom. The molecule has 1 amide bonds. The lowest BCUT2D eigenvalue weighted by molar-refractivity contribution is -0.126. The largest absolute Gasteiger partial charge is 0.462 e. The average molecular weight is 340 g/mol. The second-order valence-electron chi connectivity index (χ2n) is 5.19. The van der Waals surface area contributed by atoms with Gasteiger partial charge in [-0.1, -0.05) is 31.3 Å². The first-order valence-corrected chi connectivity index (χ1v) is 8.43. The quantitative estimate of drug-likeness (QED) is 0.424. The summed E-state index contributed by atoms with van der Waals surface area (Å²) in [4.78, 5) is 28.8. The molecular formula is C16H24N2O4S. The number of aromatic nitrogens is 1. The van der Waals surface area contributed by atoms with Crippen molar-refractivity contribution >= 4 is 28.3 Å². The van der Waals surface area contributed by atoms with E-state index < -0.39 is 12.1 Å². The number of rotatable bonds is 9. The Hall–Kier alpha value is -1.73. The molecule has 0 bridgehead atoms. The van der Waals surface area contributed by atoms with Crippen molar-refractivity contribution in [1.82, 2.24) is 4.98 Å². The Kier molecular flexibility index (Phi) is 7.91. The van der Waals surface area contributed by atoms with Crippen molar-refractivity contribution in [2.24, 2.45) is 0 Å². The van der Waals surface area contributed by atoms with Gasteiger partial charge >= 0.3 is 5.97 Å². The zero-order chi connectivity index (χ0) is 17.4. The summed E-state index contributed by atoms with van der Waals surface area (Å²) >= 11 is 1.12. The van der Waals surface area contributed by atoms with Gasteiger partial charge in [-0.2, -0.15) is 0 Å². The number of thiazole rings is 1. The zero-order valence-electron chi connectivity index (χ0n) is 14.0. The topological polar surface area (TPSA) is 77.5 Å². The molecule has 0 saturated carbocycles. The number of carbonyl (C=O) groups is 2. The molecule has 0 aromatic carbocycles. The molecule has 0 aliphatic heterocycles. The van der Waals surface area contributed by atoms with Gasteiger partial charge in [0.15, 0.2) is 5.13 Å². The van der Waals surface area contributed by atoms with E-state index in [1.54, 1.807) is 19.9 Å². The lowest BCUT2D eigenvalue weighted by Gasteiger charge is -2.11. The van der Waals surface area contributed by atoms with Crippen LogP contribution in [0.25, 0.3) is 0 Å². The van der Waals surface area contributed by atoms with E-state index in [0.717, 1.165) is 11.3 Å². The van der Waals surface area contributed by atoms with E-state index in [0.29, 0.717) is 35.3 Å². The number of amides is 1. The third-order valence-corrected chi connectivity index (χ3v) is 3.92. The fourth-order valence-electron chi connectivity index (χ4n) is 1.73. The summed E-state index contributed by atoms with van der Waals surface area (Å²) in [6.45, 7) is 11.6. The van der Waals surface area contributed by atoms with Gasteiger partial charge in [-0.05, 0) is 26.2 Å². The van der Waals surface area contributed by atoms with Crippen LogP contribution in [-0.2, 0) is 14.3 Å². The predicted octanol–water partition coefficient (Wildman–Crippen LogP) is 3.36. The van der Waals surface area contributed by atoms with Crippen LogP contribution >= 0.6 is 11.3 Å². The Labute approximate surface area is 140 Å². The van der Waals surface area contributed by atoms with E-state index in [1.165, 1.54) is 0 Å². The van der Waals surface area contributed by atoms with Crippen LogP contribution in [0.2, 0.25) is 0 Å². The SMILES string of the molecule is C=CCCOC(C)C(=O)Nc1nc(C(C)C)c(C(=O)OCC)s1. The molecule has 0 spiro atoms. The first-order valence-electron chi connectivity index (χ1n) is 7.61. The molecule has 0 radical (unpaired) electrons. The van der Waals surface area contributed by atoms with Crippen molar-refractivity contribution in [2.45, 2.75) is 46.1 Å². The molecule has 1 aromatic rings. The van der Waals surface area contributed by atoms with Crippen LogP contribution in [0.15, 0.2) is 12.7 Å². The molecular weight excluding hydrogens is 316 g/mol. The van der Waals surface area contributed by atoms with Gasteiger partial charge in [0.05, 0.1) is 18.9 Å². The van der Waals surface area contributed by atoms with Gasteiger partial charge in [-0.3, -0.25) is 10.1 Å². The molecule has 7 heteroatoms. The van der Waals surface area contributed by atoms with Gasteiger partial charge in [0.2, 0.25) is 0 Å². The van der Waals surface area contributed by atoms with E-state index in [4.69, 9.17) is 9.47 Å². The summed E-state index contributed by atoms with van der Waals surface area (Å²) in [6.07, 6.45) is 1.80. The van der Waals surface area contributed by atoms with Crippen LogP contribution in [0.5, 0.6) is 0 Å². The van der Waals surface area contributed by atoms with Gasteiger partial charge in [0, 0.05) is 0 Å². The Bertz CT molecular complexity index is 554. The molecule has 128 valence electrons. The summed E-state index contributed by atoms with van der Waals surface area (Å²) in [5.74, 6) is -0.657. The van der Waals surface area contributed by atoms with E-state index >= 15 is 0 Å². The molecule has 1 atom stereocenters. The van der Waals surface area contributed by atoms with Crippen LogP contribution in [0.3, 0.4) is 0 Å². The molecule has 0 fully saturated rings. The molecule has 0 aliphatic rings. The van der Waals surface area contributed by atoms with E-state index in [1.807, 2.05) is 13.8 Å². The molecule has 0 saturated heterocycles. The van der Waals surface area contributed by atoms with E-state index in [9.17, 15) is 9.59 Å². The standard InChI is InChI=1S/C16H24N2O4S/c1-6-8-9-22-11(5)14(19)18-16-17-12(10(3)4)13(23-16)15(20)21-7-2/h6,10-11H,1,7-9H2,2-5H3,(H,17,18,19). The normalized spacial score (nSPS) is 12.0. The predicted molar refractivity (Wildman–Crippen MR) is 91.0 cm³/mol. The highest BCUT2D eigenvalue weighted by Crippen LogP contribution is 2.29. The summed E-state index contributed by atoms with van der Waals surface area (Å²) in [6, 6.07) is 0. The number of carbonyl (C=O) groups excluding carboxylic acids is 2. The van der Waals surface area contributed by atoms with Gasteiger partial charge < -0.3 is 9.47 Å². The smallest absolute Gasteiger partial charge is 0.350 e. The van der Waals surface area contributed by atoms with Crippen LogP contribution in [0.1, 0.15) is 55.4 Å². The highest BCUT2D eigenvalue weighted by molar-refractivity contribution is 7.17. The molecule has 0 aliphatic carbocycles. The minimum absolute atomic E-state index is 0.0533. The van der Waals surface area contributed by atoms with Crippen molar-refractivity contribution in [3.8, 4) is 0 Å². The van der Waals surface area contributed by atoms with Crippen molar-refractivity contribution in [3.05, 3.63) is 23.2 Å². The number of esters is 1. The number of hydrogen-bond donors (Lipinski definition) is 1. The highest BCUT2D eigenvalue weighted by atomic mass is 32.1. The summed E-state index contributed by atoms with van der Waals surface area (Å²) in [5.41, 5.74) is 0.629. The van der Waals surface area contributed by atoms with Gasteiger partial charge in [-0.15, -0.1) is 6.58 Å². The molecule has 1 heterocycles. The monoisotopic (exact) mass is 340 g/mol. The van der Waals surface area contributed by atoms with E-state index in [-0.39, 0.29) is 11.8 Å². The van der Waals surface area contributed by atoms with E-state index in [2.05, 4.69) is 16.9 Å². The van der Waals surface area contributed by atoms with Crippen LogP contribution in [0.4, 0.5) is 5.13 Å². The fourth-order valence-corrected chi connectivity index (χ4v) is 2.75. The summed E-state index contributed by atoms with van der Waals surface area (Å²) in [5, 5.41) is 3.07. The van der Waals surface area contributed by atoms with Gasteiger partial charge in [0.1, 0.15) is 11.0 Å². The minimum atomic E-state index is -0.604. The lowest BCUT2D eigenvalue weighted by Crippen LogP contribution is -2.28. The van der Waals surface area contributed by atoms with Gasteiger partial charge in [0.25, 0.3) is 5.91 Å². The lowest BCUT2D eigenvalue weighted by atomic mass is 10.1. The number of ether oxygens (including phenoxy) is 2. The maximum atomic E-state index is 12.1. The Morgan fingerprint density at radius 1 is 1.39 bits per heavy atom. The zero-order valence-corrected chi connectivity index (χ0v) is 14.9. The Balaban J connectivity index is 2.80. The third kappa shape index (κ3) is 5.76. The van der Waals surface area contributed by atoms with Crippen molar-refractivity contribution in [1.29, 1.82) is 0 Å². The molecule has 1 unspecified atom stereocenters. The van der Waals surface area contributed by atoms with Crippen LogP contribution < -0.4 is 5.32 Å². The number of hydrogen-bond acceptors (Lipinski definition) is 6. The van der Waals surface area contributed by atoms with Crippen LogP contribution in [0, 0.1) is 0 Å². The van der Waals surface area contributed by atoms with Gasteiger partial charge in [-0.25, -0.2) is 9.78 Å². The Morgan fingerprint density at radius 2 is 2.09 bits per heavy atom.